The molecule has 0 bridgehead atoms. The molecule has 1 aliphatic carbocycles. The summed E-state index contributed by atoms with van der Waals surface area (Å²) < 4.78 is 4.96. The molecule has 3 aromatic heterocycles. The average molecular weight is 444 g/mol. The smallest absolute Gasteiger partial charge is 0.341 e. The molecule has 3 N–H and O–H groups in total. The summed E-state index contributed by atoms with van der Waals surface area (Å²) in [4.78, 5) is 43.8. The molecule has 0 saturated heterocycles. The van der Waals surface area contributed by atoms with Crippen molar-refractivity contribution in [3.63, 3.8) is 0 Å². The lowest BCUT2D eigenvalue weighted by atomic mass is 9.95. The van der Waals surface area contributed by atoms with Gasteiger partial charge < -0.3 is 15.8 Å². The number of hydrogen-bond acceptors (Lipinski definition) is 8. The van der Waals surface area contributed by atoms with Gasteiger partial charge in [0.25, 0.3) is 5.91 Å². The third-order valence-corrected chi connectivity index (χ3v) is 7.61. The van der Waals surface area contributed by atoms with Crippen LogP contribution in [0.3, 0.4) is 0 Å². The van der Waals surface area contributed by atoms with Crippen molar-refractivity contribution in [2.45, 2.75) is 39.5 Å². The molecule has 0 fully saturated rings. The fourth-order valence-corrected chi connectivity index (χ4v) is 6.08. The van der Waals surface area contributed by atoms with Crippen molar-refractivity contribution in [3.8, 4) is 0 Å². The van der Waals surface area contributed by atoms with E-state index in [0.29, 0.717) is 36.9 Å². The van der Waals surface area contributed by atoms with Gasteiger partial charge in [-0.3, -0.25) is 9.59 Å². The fraction of sp³-hybridized carbons (Fsp3) is 0.333. The van der Waals surface area contributed by atoms with Gasteiger partial charge in [-0.2, -0.15) is 0 Å². The van der Waals surface area contributed by atoms with Gasteiger partial charge in [0, 0.05) is 21.5 Å². The minimum absolute atomic E-state index is 0.106. The Bertz CT molecular complexity index is 1210. The number of rotatable bonds is 4. The maximum Gasteiger partial charge on any atom is 0.341 e. The van der Waals surface area contributed by atoms with Gasteiger partial charge in [-0.1, -0.05) is 0 Å². The van der Waals surface area contributed by atoms with E-state index in [9.17, 15) is 14.4 Å². The molecule has 1 amide bonds. The Labute approximate surface area is 181 Å². The van der Waals surface area contributed by atoms with Gasteiger partial charge in [0.15, 0.2) is 5.78 Å². The van der Waals surface area contributed by atoms with Gasteiger partial charge in [0.2, 0.25) is 0 Å². The second-order valence-electron chi connectivity index (χ2n) is 7.24. The Morgan fingerprint density at radius 2 is 1.93 bits per heavy atom. The number of Topliss-reactive ketones (excluding diaryl/α,β-unsaturated/α-hetero) is 1. The number of nitrogens with zero attached hydrogens (tertiary/aromatic N) is 1. The van der Waals surface area contributed by atoms with Crippen LogP contribution in [0.5, 0.6) is 0 Å². The van der Waals surface area contributed by atoms with E-state index in [2.05, 4.69) is 10.3 Å². The Hall–Kier alpha value is -2.78. The van der Waals surface area contributed by atoms with Crippen LogP contribution in [0.1, 0.15) is 66.3 Å². The van der Waals surface area contributed by atoms with Crippen molar-refractivity contribution in [2.24, 2.45) is 0 Å². The number of anilines is 2. The van der Waals surface area contributed by atoms with Gasteiger partial charge in [-0.25, -0.2) is 9.78 Å². The van der Waals surface area contributed by atoms with Crippen LogP contribution < -0.4 is 11.1 Å². The highest BCUT2D eigenvalue weighted by molar-refractivity contribution is 7.21. The lowest BCUT2D eigenvalue weighted by Crippen LogP contribution is -2.15. The molecule has 9 heteroatoms. The molecule has 1 aliphatic rings. The number of hydrogen-bond donors (Lipinski definition) is 2. The van der Waals surface area contributed by atoms with Crippen molar-refractivity contribution in [3.05, 3.63) is 38.2 Å². The van der Waals surface area contributed by atoms with Crippen molar-refractivity contribution in [1.29, 1.82) is 0 Å². The van der Waals surface area contributed by atoms with Crippen molar-refractivity contribution in [1.82, 2.24) is 4.98 Å². The van der Waals surface area contributed by atoms with E-state index in [-0.39, 0.29) is 11.5 Å². The molecule has 0 spiro atoms. The molecule has 156 valence electrons. The fourth-order valence-electron chi connectivity index (χ4n) is 3.78. The third kappa shape index (κ3) is 3.37. The minimum Gasteiger partial charge on any atom is -0.465 e. The second kappa shape index (κ2) is 7.81. The summed E-state index contributed by atoms with van der Waals surface area (Å²) in [6.45, 7) is 3.23. The van der Waals surface area contributed by atoms with E-state index in [4.69, 9.17) is 10.5 Å². The number of esters is 1. The summed E-state index contributed by atoms with van der Waals surface area (Å²) in [7, 11) is 1.34. The Balaban J connectivity index is 1.74. The van der Waals surface area contributed by atoms with Crippen LogP contribution in [0.4, 0.5) is 10.7 Å². The summed E-state index contributed by atoms with van der Waals surface area (Å²) >= 11 is 2.59. The maximum atomic E-state index is 13.1. The van der Waals surface area contributed by atoms with Crippen molar-refractivity contribution < 1.29 is 19.1 Å². The summed E-state index contributed by atoms with van der Waals surface area (Å²) in [5, 5.41) is 3.94. The summed E-state index contributed by atoms with van der Waals surface area (Å²) in [6.07, 6.45) is 3.76. The lowest BCUT2D eigenvalue weighted by molar-refractivity contribution is 0.0601. The quantitative estimate of drug-likeness (QED) is 0.457. The number of methoxy groups -OCH3 is 1. The van der Waals surface area contributed by atoms with Crippen LogP contribution in [0, 0.1) is 6.92 Å². The number of ether oxygens (including phenoxy) is 1. The SMILES string of the molecule is COC(=O)c1c(NC(=O)c2sc3nc(C)c(C(C)=O)cc3c2N)sc2c1CCCC2. The summed E-state index contributed by atoms with van der Waals surface area (Å²) in [5.41, 5.74) is 9.02. The molecule has 3 heterocycles. The second-order valence-corrected chi connectivity index (χ2v) is 9.34. The molecule has 0 atom stereocenters. The van der Waals surface area contributed by atoms with Gasteiger partial charge in [-0.05, 0) is 51.2 Å². The lowest BCUT2D eigenvalue weighted by Gasteiger charge is -2.11. The van der Waals surface area contributed by atoms with Crippen LogP contribution in [0.25, 0.3) is 10.2 Å². The highest BCUT2D eigenvalue weighted by Gasteiger charge is 2.28. The van der Waals surface area contributed by atoms with E-state index < -0.39 is 11.9 Å². The third-order valence-electron chi connectivity index (χ3n) is 5.29. The molecular weight excluding hydrogens is 422 g/mol. The number of aromatic nitrogens is 1. The van der Waals surface area contributed by atoms with E-state index >= 15 is 0 Å². The monoisotopic (exact) mass is 443 g/mol. The van der Waals surface area contributed by atoms with Crippen LogP contribution in [0.15, 0.2) is 6.07 Å². The number of pyridine rings is 1. The number of amides is 1. The number of carbonyl (C=O) groups excluding carboxylic acids is 3. The number of nitrogens with one attached hydrogen (secondary N) is 1. The minimum atomic E-state index is -0.447. The van der Waals surface area contributed by atoms with E-state index in [1.165, 1.54) is 36.7 Å². The predicted molar refractivity (Wildman–Crippen MR) is 119 cm³/mol. The first-order valence-corrected chi connectivity index (χ1v) is 11.2. The standard InChI is InChI=1S/C21H21N3O4S2/c1-9-12(10(2)25)8-13-16(22)17(30-19(13)23-9)18(26)24-20-15(21(27)28-3)11-6-4-5-7-14(11)29-20/h8H,4-7,22H2,1-3H3,(H,24,26). The average Bonchev–Trinajstić information content (AvgIpc) is 3.23. The number of carbonyl (C=O) groups is 3. The number of ketones is 1. The molecule has 4 rings (SSSR count). The predicted octanol–water partition coefficient (Wildman–Crippen LogP) is 4.37. The Kier molecular flexibility index (Phi) is 5.33. The molecule has 0 aliphatic heterocycles. The number of fused-ring (bicyclic) bond motifs is 2. The molecule has 0 unspecified atom stereocenters. The van der Waals surface area contributed by atoms with Crippen LogP contribution in [-0.2, 0) is 17.6 Å². The first-order chi connectivity index (χ1) is 14.3. The summed E-state index contributed by atoms with van der Waals surface area (Å²) in [6, 6.07) is 1.69. The van der Waals surface area contributed by atoms with Crippen LogP contribution >= 0.6 is 22.7 Å². The zero-order valence-corrected chi connectivity index (χ0v) is 18.5. The summed E-state index contributed by atoms with van der Waals surface area (Å²) in [5.74, 6) is -0.955. The topological polar surface area (TPSA) is 111 Å². The first-order valence-electron chi connectivity index (χ1n) is 9.56. The number of thiophene rings is 2. The zero-order valence-electron chi connectivity index (χ0n) is 16.9. The molecular formula is C21H21N3O4S2. The van der Waals surface area contributed by atoms with Gasteiger partial charge in [0.05, 0.1) is 18.4 Å². The molecule has 30 heavy (non-hydrogen) atoms. The molecule has 0 aromatic carbocycles. The van der Waals surface area contributed by atoms with Gasteiger partial charge in [0.1, 0.15) is 14.7 Å². The first kappa shape index (κ1) is 20.5. The Morgan fingerprint density at radius 1 is 1.20 bits per heavy atom. The van der Waals surface area contributed by atoms with E-state index in [0.717, 1.165) is 36.1 Å². The van der Waals surface area contributed by atoms with Gasteiger partial charge >= 0.3 is 5.97 Å². The van der Waals surface area contributed by atoms with Crippen molar-refractivity contribution >= 4 is 61.2 Å². The number of nitrogen functional groups attached to an aromatic ring is 1. The van der Waals surface area contributed by atoms with Crippen molar-refractivity contribution in [2.75, 3.05) is 18.2 Å². The normalized spacial score (nSPS) is 13.2. The molecule has 0 radical (unpaired) electrons. The highest BCUT2D eigenvalue weighted by atomic mass is 32.1. The number of aryl methyl sites for hydroxylation is 2. The van der Waals surface area contributed by atoms with Crippen LogP contribution in [0.2, 0.25) is 0 Å². The highest BCUT2D eigenvalue weighted by Crippen LogP contribution is 2.40. The Morgan fingerprint density at radius 3 is 2.63 bits per heavy atom. The number of nitrogens with two attached hydrogens (primary N) is 1. The molecule has 3 aromatic rings. The largest absolute Gasteiger partial charge is 0.465 e. The van der Waals surface area contributed by atoms with Gasteiger partial charge in [-0.15, -0.1) is 22.7 Å². The van der Waals surface area contributed by atoms with E-state index in [1.807, 2.05) is 0 Å². The molecule has 0 saturated carbocycles. The van der Waals surface area contributed by atoms with E-state index in [1.54, 1.807) is 13.0 Å². The zero-order chi connectivity index (χ0) is 21.6. The van der Waals surface area contributed by atoms with Crippen LogP contribution in [-0.4, -0.2) is 29.8 Å². The molecule has 7 nitrogen and oxygen atoms in total. The maximum absolute atomic E-state index is 13.1.